The number of aromatic amines is 1. The molecule has 2 saturated heterocycles. The first-order chi connectivity index (χ1) is 10.2. The summed E-state index contributed by atoms with van der Waals surface area (Å²) in [5.41, 5.74) is 0. The molecule has 0 bridgehead atoms. The minimum atomic E-state index is 0.0133. The quantitative estimate of drug-likeness (QED) is 0.898. The zero-order chi connectivity index (χ0) is 14.8. The maximum Gasteiger partial charge on any atom is 0.226 e. The number of hydrogen-bond acceptors (Lipinski definition) is 5. The Kier molecular flexibility index (Phi) is 4.19. The fourth-order valence-corrected chi connectivity index (χ4v) is 3.51. The van der Waals surface area contributed by atoms with Gasteiger partial charge in [-0.3, -0.25) is 4.79 Å². The Bertz CT molecular complexity index is 466. The third-order valence-electron chi connectivity index (χ3n) is 4.80. The van der Waals surface area contributed by atoms with Crippen LogP contribution in [0.4, 0.5) is 0 Å². The summed E-state index contributed by atoms with van der Waals surface area (Å²) in [6, 6.07) is 0.583. The molecule has 0 saturated carbocycles. The first-order valence-corrected chi connectivity index (χ1v) is 7.94. The van der Waals surface area contributed by atoms with Crippen molar-refractivity contribution in [1.29, 1.82) is 0 Å². The van der Waals surface area contributed by atoms with Gasteiger partial charge >= 0.3 is 0 Å². The summed E-state index contributed by atoms with van der Waals surface area (Å²) in [6.07, 6.45) is 3.89. The monoisotopic (exact) mass is 292 g/mol. The van der Waals surface area contributed by atoms with Gasteiger partial charge in [0, 0.05) is 18.5 Å². The van der Waals surface area contributed by atoms with Crippen molar-refractivity contribution >= 4 is 5.91 Å². The molecule has 0 radical (unpaired) electrons. The molecule has 1 N–H and O–H groups in total. The van der Waals surface area contributed by atoms with Gasteiger partial charge in [-0.2, -0.15) is 5.21 Å². The van der Waals surface area contributed by atoms with Gasteiger partial charge in [0.1, 0.15) is 0 Å². The minimum Gasteiger partial charge on any atom is -0.332 e. The number of carbonyl (C=O) groups is 1. The third-order valence-corrected chi connectivity index (χ3v) is 4.80. The lowest BCUT2D eigenvalue weighted by Gasteiger charge is -2.36. The van der Waals surface area contributed by atoms with Crippen molar-refractivity contribution in [2.75, 3.05) is 19.6 Å². The van der Waals surface area contributed by atoms with E-state index in [1.807, 2.05) is 4.90 Å². The molecule has 3 heterocycles. The number of rotatable bonds is 3. The van der Waals surface area contributed by atoms with Crippen molar-refractivity contribution in [2.45, 2.75) is 51.6 Å². The Morgan fingerprint density at radius 1 is 1.24 bits per heavy atom. The number of amides is 1. The summed E-state index contributed by atoms with van der Waals surface area (Å²) >= 11 is 0. The van der Waals surface area contributed by atoms with Crippen LogP contribution in [0, 0.1) is 5.92 Å². The molecule has 1 amide bonds. The molecule has 3 rings (SSSR count). The Morgan fingerprint density at radius 2 is 2.00 bits per heavy atom. The second kappa shape index (κ2) is 6.09. The normalized spacial score (nSPS) is 24.9. The molecule has 0 aromatic carbocycles. The second-order valence-corrected chi connectivity index (χ2v) is 6.36. The lowest BCUT2D eigenvalue weighted by molar-refractivity contribution is -0.138. The molecule has 2 fully saturated rings. The first kappa shape index (κ1) is 14.4. The van der Waals surface area contributed by atoms with E-state index in [1.165, 1.54) is 0 Å². The predicted molar refractivity (Wildman–Crippen MR) is 77.3 cm³/mol. The maximum absolute atomic E-state index is 12.8. The first-order valence-electron chi connectivity index (χ1n) is 7.94. The molecule has 2 aliphatic rings. The third kappa shape index (κ3) is 2.92. The summed E-state index contributed by atoms with van der Waals surface area (Å²) in [7, 11) is 0. The summed E-state index contributed by atoms with van der Waals surface area (Å²) < 4.78 is 0. The van der Waals surface area contributed by atoms with E-state index in [4.69, 9.17) is 0 Å². The van der Waals surface area contributed by atoms with Crippen LogP contribution < -0.4 is 0 Å². The molecule has 0 spiro atoms. The molecule has 1 atom stereocenters. The standard InChI is InChI=1S/C14H24N6O/c1-10(2)19-8-5-11(6-9-19)14(21)20-7-3-4-12(20)13-15-17-18-16-13/h10-12H,3-9H2,1-2H3,(H,15,16,17,18). The van der Waals surface area contributed by atoms with Crippen molar-refractivity contribution in [1.82, 2.24) is 30.4 Å². The average molecular weight is 292 g/mol. The molecule has 7 heteroatoms. The number of likely N-dealkylation sites (tertiary alicyclic amines) is 2. The van der Waals surface area contributed by atoms with E-state index < -0.39 is 0 Å². The highest BCUT2D eigenvalue weighted by atomic mass is 16.2. The van der Waals surface area contributed by atoms with E-state index in [-0.39, 0.29) is 17.9 Å². The number of nitrogens with one attached hydrogen (secondary N) is 1. The number of tetrazole rings is 1. The minimum absolute atomic E-state index is 0.0133. The van der Waals surface area contributed by atoms with Gasteiger partial charge in [-0.15, -0.1) is 10.2 Å². The topological polar surface area (TPSA) is 78.0 Å². The van der Waals surface area contributed by atoms with Crippen molar-refractivity contribution in [2.24, 2.45) is 5.92 Å². The van der Waals surface area contributed by atoms with Gasteiger partial charge in [0.15, 0.2) is 5.82 Å². The fraction of sp³-hybridized carbons (Fsp3) is 0.857. The molecular formula is C14H24N6O. The van der Waals surface area contributed by atoms with Crippen LogP contribution in [-0.4, -0.2) is 62.0 Å². The van der Waals surface area contributed by atoms with Crippen molar-refractivity contribution in [3.8, 4) is 0 Å². The molecule has 116 valence electrons. The van der Waals surface area contributed by atoms with Crippen LogP contribution in [0.1, 0.15) is 51.4 Å². The SMILES string of the molecule is CC(C)N1CCC(C(=O)N2CCCC2c2nn[nH]n2)CC1. The number of aromatic nitrogens is 4. The lowest BCUT2D eigenvalue weighted by atomic mass is 9.94. The van der Waals surface area contributed by atoms with Crippen LogP contribution in [0.3, 0.4) is 0 Å². The van der Waals surface area contributed by atoms with E-state index in [0.29, 0.717) is 11.9 Å². The highest BCUT2D eigenvalue weighted by molar-refractivity contribution is 5.79. The van der Waals surface area contributed by atoms with Crippen molar-refractivity contribution < 1.29 is 4.79 Å². The number of hydrogen-bond donors (Lipinski definition) is 1. The van der Waals surface area contributed by atoms with Crippen LogP contribution in [-0.2, 0) is 4.79 Å². The number of piperidine rings is 1. The molecule has 1 aromatic heterocycles. The lowest BCUT2D eigenvalue weighted by Crippen LogP contribution is -2.44. The second-order valence-electron chi connectivity index (χ2n) is 6.36. The predicted octanol–water partition coefficient (Wildman–Crippen LogP) is 0.984. The van der Waals surface area contributed by atoms with Crippen LogP contribution in [0.15, 0.2) is 0 Å². The Hall–Kier alpha value is -1.50. The summed E-state index contributed by atoms with van der Waals surface area (Å²) in [4.78, 5) is 17.2. The number of nitrogens with zero attached hydrogens (tertiary/aromatic N) is 5. The van der Waals surface area contributed by atoms with E-state index in [9.17, 15) is 4.79 Å². The zero-order valence-corrected chi connectivity index (χ0v) is 12.8. The number of carbonyl (C=O) groups excluding carboxylic acids is 1. The zero-order valence-electron chi connectivity index (χ0n) is 12.8. The average Bonchev–Trinajstić information content (AvgIpc) is 3.17. The van der Waals surface area contributed by atoms with Crippen LogP contribution >= 0.6 is 0 Å². The van der Waals surface area contributed by atoms with Crippen molar-refractivity contribution in [3.63, 3.8) is 0 Å². The van der Waals surface area contributed by atoms with Gasteiger partial charge in [-0.25, -0.2) is 0 Å². The van der Waals surface area contributed by atoms with Gasteiger partial charge in [0.2, 0.25) is 5.91 Å². The molecule has 21 heavy (non-hydrogen) atoms. The van der Waals surface area contributed by atoms with Crippen molar-refractivity contribution in [3.05, 3.63) is 5.82 Å². The molecular weight excluding hydrogens is 268 g/mol. The van der Waals surface area contributed by atoms with E-state index in [0.717, 1.165) is 45.3 Å². The fourth-order valence-electron chi connectivity index (χ4n) is 3.51. The summed E-state index contributed by atoms with van der Waals surface area (Å²) in [6.45, 7) is 7.30. The maximum atomic E-state index is 12.8. The molecule has 1 aromatic rings. The van der Waals surface area contributed by atoms with Gasteiger partial charge in [-0.1, -0.05) is 5.21 Å². The summed E-state index contributed by atoms with van der Waals surface area (Å²) in [5, 5.41) is 14.2. The molecule has 7 nitrogen and oxygen atoms in total. The van der Waals surface area contributed by atoms with Crippen LogP contribution in [0.25, 0.3) is 0 Å². The van der Waals surface area contributed by atoms with Crippen LogP contribution in [0.2, 0.25) is 0 Å². The van der Waals surface area contributed by atoms with Crippen LogP contribution in [0.5, 0.6) is 0 Å². The molecule has 1 unspecified atom stereocenters. The number of H-pyrrole nitrogens is 1. The highest BCUT2D eigenvalue weighted by Gasteiger charge is 2.37. The van der Waals surface area contributed by atoms with E-state index in [1.54, 1.807) is 0 Å². The molecule has 2 aliphatic heterocycles. The summed E-state index contributed by atoms with van der Waals surface area (Å²) in [5.74, 6) is 1.10. The van der Waals surface area contributed by atoms with Gasteiger partial charge < -0.3 is 9.80 Å². The van der Waals surface area contributed by atoms with Gasteiger partial charge in [0.25, 0.3) is 0 Å². The Labute approximate surface area is 125 Å². The van der Waals surface area contributed by atoms with Gasteiger partial charge in [-0.05, 0) is 52.6 Å². The largest absolute Gasteiger partial charge is 0.332 e. The van der Waals surface area contributed by atoms with E-state index >= 15 is 0 Å². The smallest absolute Gasteiger partial charge is 0.226 e. The Morgan fingerprint density at radius 3 is 2.62 bits per heavy atom. The molecule has 0 aliphatic carbocycles. The Balaban J connectivity index is 1.63. The van der Waals surface area contributed by atoms with E-state index in [2.05, 4.69) is 39.4 Å². The highest BCUT2D eigenvalue weighted by Crippen LogP contribution is 2.32. The van der Waals surface area contributed by atoms with Gasteiger partial charge in [0.05, 0.1) is 6.04 Å².